The zero-order valence-electron chi connectivity index (χ0n) is 27.3. The molecule has 0 bridgehead atoms. The topological polar surface area (TPSA) is 163 Å². The average Bonchev–Trinajstić information content (AvgIpc) is 3.77. The van der Waals surface area contributed by atoms with Crippen LogP contribution in [0.2, 0.25) is 0 Å². The third-order valence-corrected chi connectivity index (χ3v) is 9.49. The minimum Gasteiger partial charge on any atom is -0.389 e. The molecule has 258 valence electrons. The molecule has 1 aliphatic carbocycles. The van der Waals surface area contributed by atoms with Crippen molar-refractivity contribution in [3.05, 3.63) is 119 Å². The number of aliphatic hydroxyl groups excluding tert-OH is 1. The van der Waals surface area contributed by atoms with Gasteiger partial charge in [-0.1, -0.05) is 42.5 Å². The smallest absolute Gasteiger partial charge is 0.254 e. The van der Waals surface area contributed by atoms with Crippen molar-refractivity contribution >= 4 is 33.4 Å². The van der Waals surface area contributed by atoms with E-state index in [0.29, 0.717) is 11.1 Å². The van der Waals surface area contributed by atoms with Crippen molar-refractivity contribution in [1.29, 1.82) is 0 Å². The molecule has 3 amide bonds. The highest BCUT2D eigenvalue weighted by atomic mass is 32.2. The number of rotatable bonds is 14. The van der Waals surface area contributed by atoms with Gasteiger partial charge in [-0.25, -0.2) is 12.8 Å². The molecule has 49 heavy (non-hydrogen) atoms. The van der Waals surface area contributed by atoms with Crippen molar-refractivity contribution in [3.8, 4) is 0 Å². The molecule has 1 saturated carbocycles. The summed E-state index contributed by atoms with van der Waals surface area (Å²) in [6, 6.07) is 17.7. The van der Waals surface area contributed by atoms with E-state index in [1.54, 1.807) is 6.92 Å². The average molecular weight is 691 g/mol. The molecule has 0 saturated heterocycles. The summed E-state index contributed by atoms with van der Waals surface area (Å²) in [5.74, 6) is -1.91. The number of carbonyl (C=O) groups is 3. The van der Waals surface area contributed by atoms with Crippen LogP contribution in [-0.4, -0.2) is 72.5 Å². The molecule has 3 atom stereocenters. The van der Waals surface area contributed by atoms with Crippen LogP contribution in [0.3, 0.4) is 0 Å². The first-order valence-corrected chi connectivity index (χ1v) is 17.6. The second-order valence-corrected chi connectivity index (χ2v) is 14.3. The molecule has 1 heterocycles. The maximum Gasteiger partial charge on any atom is 0.254 e. The molecule has 14 heteroatoms. The highest BCUT2D eigenvalue weighted by molar-refractivity contribution is 7.92. The Labute approximate surface area is 284 Å². The molecule has 0 spiro atoms. The Balaban J connectivity index is 1.39. The van der Waals surface area contributed by atoms with Crippen molar-refractivity contribution in [2.45, 2.75) is 57.0 Å². The first kappa shape index (κ1) is 35.2. The summed E-state index contributed by atoms with van der Waals surface area (Å²) < 4.78 is 40.7. The van der Waals surface area contributed by atoms with Crippen LogP contribution in [0.25, 0.3) is 0 Å². The summed E-state index contributed by atoms with van der Waals surface area (Å²) >= 11 is 0. The van der Waals surface area contributed by atoms with Gasteiger partial charge in [-0.2, -0.15) is 5.10 Å². The number of hydrogen-bond acceptors (Lipinski definition) is 7. The molecule has 4 aromatic rings. The number of anilines is 1. The van der Waals surface area contributed by atoms with Crippen LogP contribution in [0.1, 0.15) is 68.0 Å². The van der Waals surface area contributed by atoms with Crippen LogP contribution in [0.15, 0.2) is 85.2 Å². The monoisotopic (exact) mass is 690 g/mol. The van der Waals surface area contributed by atoms with Crippen LogP contribution in [0.4, 0.5) is 10.1 Å². The predicted octanol–water partition coefficient (Wildman–Crippen LogP) is 3.20. The normalized spacial score (nSPS) is 14.7. The molecular weight excluding hydrogens is 651 g/mol. The predicted molar refractivity (Wildman–Crippen MR) is 182 cm³/mol. The summed E-state index contributed by atoms with van der Waals surface area (Å²) in [5.41, 5.74) is 1.90. The van der Waals surface area contributed by atoms with Gasteiger partial charge in [0.15, 0.2) is 0 Å². The van der Waals surface area contributed by atoms with Gasteiger partial charge in [0.05, 0.1) is 48.4 Å². The number of nitrogens with one attached hydrogen (secondary N) is 3. The van der Waals surface area contributed by atoms with E-state index in [-0.39, 0.29) is 41.7 Å². The van der Waals surface area contributed by atoms with Gasteiger partial charge in [0.1, 0.15) is 5.82 Å². The van der Waals surface area contributed by atoms with Crippen molar-refractivity contribution in [3.63, 3.8) is 0 Å². The van der Waals surface area contributed by atoms with Crippen molar-refractivity contribution < 1.29 is 32.3 Å². The van der Waals surface area contributed by atoms with Gasteiger partial charge >= 0.3 is 0 Å². The number of hydrogen-bond donors (Lipinski definition) is 4. The summed E-state index contributed by atoms with van der Waals surface area (Å²) in [5, 5.41) is 24.2. The van der Waals surface area contributed by atoms with Crippen molar-refractivity contribution in [1.82, 2.24) is 25.7 Å². The molecule has 1 aromatic heterocycles. The standard InChI is InChI=1S/C35H39FN6O6S/c1-22(24-9-11-28(36)12-10-24)38-33(44)25-16-26(18-30(17-25)41(2)49(3,47)48)34(45)40-31(15-23-7-5-4-6-8-23)32(43)21-42-20-27(19-37-42)35(46)39-29-13-14-29/h4-12,16-20,22,29,31-32,43H,13-15,21H2,1-3H3,(H,38,44)(H,39,46)(H,40,45)/t22-,31+,32+/m1/s1. The fourth-order valence-electron chi connectivity index (χ4n) is 5.16. The van der Waals surface area contributed by atoms with E-state index in [9.17, 15) is 32.3 Å². The maximum absolute atomic E-state index is 13.8. The van der Waals surface area contributed by atoms with Crippen LogP contribution in [0.5, 0.6) is 0 Å². The van der Waals surface area contributed by atoms with E-state index in [4.69, 9.17) is 0 Å². The first-order valence-electron chi connectivity index (χ1n) is 15.8. The number of sulfonamides is 1. The number of carbonyl (C=O) groups excluding carboxylic acids is 3. The lowest BCUT2D eigenvalue weighted by Crippen LogP contribution is -2.46. The third-order valence-electron chi connectivity index (χ3n) is 8.28. The molecule has 5 rings (SSSR count). The second-order valence-electron chi connectivity index (χ2n) is 12.3. The summed E-state index contributed by atoms with van der Waals surface area (Å²) in [6.07, 6.45) is 4.90. The van der Waals surface area contributed by atoms with E-state index in [1.807, 2.05) is 30.3 Å². The number of amides is 3. The molecule has 1 fully saturated rings. The fourth-order valence-corrected chi connectivity index (χ4v) is 5.65. The molecule has 4 N–H and O–H groups in total. The summed E-state index contributed by atoms with van der Waals surface area (Å²) in [6.45, 7) is 1.67. The van der Waals surface area contributed by atoms with Gasteiger partial charge in [0, 0.05) is 30.4 Å². The maximum atomic E-state index is 13.8. The van der Waals surface area contributed by atoms with E-state index < -0.39 is 45.8 Å². The Kier molecular flexibility index (Phi) is 10.8. The molecule has 1 aliphatic rings. The number of aromatic nitrogens is 2. The number of nitrogens with zero attached hydrogens (tertiary/aromatic N) is 3. The van der Waals surface area contributed by atoms with Crippen LogP contribution >= 0.6 is 0 Å². The highest BCUT2D eigenvalue weighted by Crippen LogP contribution is 2.23. The summed E-state index contributed by atoms with van der Waals surface area (Å²) in [4.78, 5) is 39.7. The lowest BCUT2D eigenvalue weighted by Gasteiger charge is -2.25. The van der Waals surface area contributed by atoms with E-state index >= 15 is 0 Å². The molecule has 12 nitrogen and oxygen atoms in total. The highest BCUT2D eigenvalue weighted by Gasteiger charge is 2.27. The molecule has 0 unspecified atom stereocenters. The largest absolute Gasteiger partial charge is 0.389 e. The lowest BCUT2D eigenvalue weighted by atomic mass is 10.00. The first-order chi connectivity index (χ1) is 23.3. The lowest BCUT2D eigenvalue weighted by molar-refractivity contribution is 0.0780. The van der Waals surface area contributed by atoms with Gasteiger partial charge in [0.2, 0.25) is 10.0 Å². The molecular formula is C35H39FN6O6S. The van der Waals surface area contributed by atoms with Gasteiger partial charge in [-0.15, -0.1) is 0 Å². The van der Waals surface area contributed by atoms with Crippen LogP contribution < -0.4 is 20.3 Å². The Bertz CT molecular complexity index is 1910. The van der Waals surface area contributed by atoms with Gasteiger partial charge < -0.3 is 21.1 Å². The zero-order valence-corrected chi connectivity index (χ0v) is 28.2. The Morgan fingerprint density at radius 2 is 1.59 bits per heavy atom. The Hall–Kier alpha value is -5.08. The van der Waals surface area contributed by atoms with E-state index in [0.717, 1.165) is 29.0 Å². The second kappa shape index (κ2) is 15.0. The van der Waals surface area contributed by atoms with E-state index in [2.05, 4.69) is 21.0 Å². The van der Waals surface area contributed by atoms with Crippen molar-refractivity contribution in [2.24, 2.45) is 0 Å². The number of halogens is 1. The van der Waals surface area contributed by atoms with Gasteiger partial charge in [-0.05, 0) is 67.6 Å². The molecule has 3 aromatic carbocycles. The van der Waals surface area contributed by atoms with E-state index in [1.165, 1.54) is 66.6 Å². The van der Waals surface area contributed by atoms with Crippen LogP contribution in [-0.2, 0) is 23.0 Å². The summed E-state index contributed by atoms with van der Waals surface area (Å²) in [7, 11) is -2.47. The van der Waals surface area contributed by atoms with Gasteiger partial charge in [0.25, 0.3) is 17.7 Å². The Morgan fingerprint density at radius 3 is 2.20 bits per heavy atom. The Morgan fingerprint density at radius 1 is 0.959 bits per heavy atom. The number of aliphatic hydroxyl groups is 1. The van der Waals surface area contributed by atoms with Crippen molar-refractivity contribution in [2.75, 3.05) is 17.6 Å². The minimum absolute atomic E-state index is 0.0146. The fraction of sp³-hybridized carbons (Fsp3) is 0.314. The number of benzene rings is 3. The quantitative estimate of drug-likeness (QED) is 0.158. The SMILES string of the molecule is C[C@@H](NC(=O)c1cc(C(=O)N[C@@H](Cc2ccccc2)[C@@H](O)Cn2cc(C(=O)NC3CC3)cn2)cc(N(C)S(C)(=O)=O)c1)c1ccc(F)cc1. The molecule has 0 radical (unpaired) electrons. The minimum atomic E-state index is -3.77. The third kappa shape index (κ3) is 9.51. The van der Waals surface area contributed by atoms with Crippen LogP contribution in [0, 0.1) is 5.82 Å². The molecule has 0 aliphatic heterocycles. The zero-order chi connectivity index (χ0) is 35.3. The van der Waals surface area contributed by atoms with Gasteiger partial charge in [-0.3, -0.25) is 23.4 Å².